The first-order chi connectivity index (χ1) is 17.1. The monoisotopic (exact) mass is 513 g/mol. The van der Waals surface area contributed by atoms with Gasteiger partial charge in [-0.15, -0.1) is 0 Å². The molecular formula is C29H39NO7. The molecule has 0 radical (unpaired) electrons. The van der Waals surface area contributed by atoms with Gasteiger partial charge in [0.1, 0.15) is 11.9 Å². The Balaban J connectivity index is 1.72. The second kappa shape index (κ2) is 8.10. The number of ketones is 1. The summed E-state index contributed by atoms with van der Waals surface area (Å²) in [5.74, 6) is -1.77. The topological polar surface area (TPSA) is 108 Å². The van der Waals surface area contributed by atoms with Crippen LogP contribution in [-0.4, -0.2) is 52.2 Å². The van der Waals surface area contributed by atoms with E-state index in [0.717, 1.165) is 6.42 Å². The van der Waals surface area contributed by atoms with Gasteiger partial charge in [0.15, 0.2) is 29.0 Å². The first-order valence-electron chi connectivity index (χ1n) is 13.2. The summed E-state index contributed by atoms with van der Waals surface area (Å²) >= 11 is 0. The number of aromatic nitrogens is 1. The van der Waals surface area contributed by atoms with Gasteiger partial charge < -0.3 is 23.8 Å². The zero-order valence-corrected chi connectivity index (χ0v) is 23.3. The Hall–Kier alpha value is -2.29. The zero-order chi connectivity index (χ0) is 27.3. The van der Waals surface area contributed by atoms with Gasteiger partial charge in [0, 0.05) is 11.5 Å². The molecule has 0 aromatic carbocycles. The summed E-state index contributed by atoms with van der Waals surface area (Å²) in [6.07, 6.45) is 2.51. The van der Waals surface area contributed by atoms with E-state index in [2.05, 4.69) is 25.9 Å². The van der Waals surface area contributed by atoms with Crippen LogP contribution in [0.1, 0.15) is 76.7 Å². The molecule has 1 saturated heterocycles. The normalized spacial score (nSPS) is 40.1. The molecule has 8 heteroatoms. The first-order valence-corrected chi connectivity index (χ1v) is 13.2. The number of nitrogens with zero attached hydrogens (tertiary/aromatic N) is 1. The van der Waals surface area contributed by atoms with E-state index in [0.29, 0.717) is 22.5 Å². The summed E-state index contributed by atoms with van der Waals surface area (Å²) in [6.45, 7) is 17.5. The molecule has 5 rings (SSSR count). The molecule has 1 spiro atoms. The van der Waals surface area contributed by atoms with Gasteiger partial charge >= 0.3 is 5.97 Å². The summed E-state index contributed by atoms with van der Waals surface area (Å²) in [6, 6.07) is 0. The highest BCUT2D eigenvalue weighted by Gasteiger charge is 2.74. The SMILES string of the molecule is CC1=C[C@]23C(=O)[C@@H](C=C4COC(C)(C)O[C@H]4[C@]2(O)[C@H]1OC(=O)c1noc(C)c1C)C(C)(C)[C@H](C)C[C@H]3C. The number of aryl methyl sites for hydroxylation is 1. The Morgan fingerprint density at radius 3 is 2.43 bits per heavy atom. The van der Waals surface area contributed by atoms with E-state index in [4.69, 9.17) is 18.7 Å². The molecule has 3 aliphatic carbocycles. The number of carbonyl (C=O) groups excluding carboxylic acids is 2. The van der Waals surface area contributed by atoms with E-state index >= 15 is 0 Å². The van der Waals surface area contributed by atoms with Gasteiger partial charge in [-0.1, -0.05) is 45.0 Å². The molecule has 7 atom stereocenters. The van der Waals surface area contributed by atoms with Crippen LogP contribution in [-0.2, 0) is 19.0 Å². The number of ether oxygens (including phenoxy) is 3. The van der Waals surface area contributed by atoms with Crippen molar-refractivity contribution < 1.29 is 33.4 Å². The molecule has 2 heterocycles. The van der Waals surface area contributed by atoms with Gasteiger partial charge in [0.25, 0.3) is 0 Å². The number of allylic oxidation sites excluding steroid dienone is 1. The minimum absolute atomic E-state index is 0.0559. The predicted octanol–water partition coefficient (Wildman–Crippen LogP) is 4.47. The Morgan fingerprint density at radius 2 is 1.81 bits per heavy atom. The Morgan fingerprint density at radius 1 is 1.14 bits per heavy atom. The van der Waals surface area contributed by atoms with Crippen LogP contribution in [0.25, 0.3) is 0 Å². The molecule has 1 saturated carbocycles. The van der Waals surface area contributed by atoms with E-state index in [1.807, 2.05) is 26.0 Å². The van der Waals surface area contributed by atoms with Gasteiger partial charge in [-0.2, -0.15) is 0 Å². The summed E-state index contributed by atoms with van der Waals surface area (Å²) in [4.78, 5) is 28.1. The fourth-order valence-electron chi connectivity index (χ4n) is 7.13. The Bertz CT molecular complexity index is 1220. The van der Waals surface area contributed by atoms with Crippen LogP contribution in [0.4, 0.5) is 0 Å². The fourth-order valence-corrected chi connectivity index (χ4v) is 7.13. The lowest BCUT2D eigenvalue weighted by Crippen LogP contribution is -2.68. The van der Waals surface area contributed by atoms with Gasteiger partial charge in [-0.3, -0.25) is 4.79 Å². The molecule has 37 heavy (non-hydrogen) atoms. The standard InChI is InChI=1S/C29H39NO7/c1-14-12-28-16(3)10-15(2)26(6,7)20(22(28)31)11-19-13-34-27(8,9)36-24(19)29(28,33)23(14)35-25(32)21-17(4)18(5)37-30-21/h11-12,15-16,20,23-24,33H,10,13H2,1-9H3/t15-,16-,20-,23+,24-,28+,29-/m1/s1. The molecule has 0 amide bonds. The third-order valence-corrected chi connectivity index (χ3v) is 9.86. The van der Waals surface area contributed by atoms with Gasteiger partial charge in [0.2, 0.25) is 0 Å². The van der Waals surface area contributed by atoms with Crippen molar-refractivity contribution in [3.63, 3.8) is 0 Å². The van der Waals surface area contributed by atoms with Crippen molar-refractivity contribution >= 4 is 11.8 Å². The number of hydrogen-bond donors (Lipinski definition) is 1. The number of fused-ring (bicyclic) bond motifs is 3. The van der Waals surface area contributed by atoms with Crippen molar-refractivity contribution in [2.24, 2.45) is 28.6 Å². The van der Waals surface area contributed by atoms with Crippen LogP contribution in [0.3, 0.4) is 0 Å². The van der Waals surface area contributed by atoms with E-state index in [1.165, 1.54) is 0 Å². The lowest BCUT2D eigenvalue weighted by atomic mass is 9.59. The molecule has 0 unspecified atom stereocenters. The second-order valence-corrected chi connectivity index (χ2v) is 12.7. The summed E-state index contributed by atoms with van der Waals surface area (Å²) in [5.41, 5.74) is -1.61. The van der Waals surface area contributed by atoms with Crippen LogP contribution in [0.15, 0.2) is 27.8 Å². The fraction of sp³-hybridized carbons (Fsp3) is 0.690. The summed E-state index contributed by atoms with van der Waals surface area (Å²) < 4.78 is 23.7. The van der Waals surface area contributed by atoms with Gasteiger partial charge in [0.05, 0.1) is 12.0 Å². The summed E-state index contributed by atoms with van der Waals surface area (Å²) in [5, 5.41) is 16.9. The van der Waals surface area contributed by atoms with Crippen molar-refractivity contribution in [3.05, 3.63) is 40.3 Å². The van der Waals surface area contributed by atoms with E-state index in [9.17, 15) is 14.7 Å². The van der Waals surface area contributed by atoms with E-state index in [-0.39, 0.29) is 35.3 Å². The van der Waals surface area contributed by atoms with Crippen LogP contribution >= 0.6 is 0 Å². The predicted molar refractivity (Wildman–Crippen MR) is 135 cm³/mol. The maximum Gasteiger partial charge on any atom is 0.361 e. The number of aliphatic hydroxyl groups is 1. The molecule has 1 aliphatic heterocycles. The largest absolute Gasteiger partial charge is 0.450 e. The average Bonchev–Trinajstić information content (AvgIpc) is 3.22. The Labute approximate surface area is 218 Å². The third kappa shape index (κ3) is 3.41. The van der Waals surface area contributed by atoms with E-state index in [1.54, 1.807) is 27.7 Å². The molecule has 2 bridgehead atoms. The van der Waals surface area contributed by atoms with Crippen LogP contribution in [0, 0.1) is 42.4 Å². The quantitative estimate of drug-likeness (QED) is 0.456. The molecule has 8 nitrogen and oxygen atoms in total. The van der Waals surface area contributed by atoms with Crippen molar-refractivity contribution in [1.82, 2.24) is 5.16 Å². The Kier molecular flexibility index (Phi) is 5.77. The number of esters is 1. The first kappa shape index (κ1) is 26.3. The number of hydrogen-bond acceptors (Lipinski definition) is 8. The van der Waals surface area contributed by atoms with Crippen LogP contribution < -0.4 is 0 Å². The molecular weight excluding hydrogens is 474 g/mol. The summed E-state index contributed by atoms with van der Waals surface area (Å²) in [7, 11) is 0. The van der Waals surface area contributed by atoms with Crippen LogP contribution in [0.2, 0.25) is 0 Å². The average molecular weight is 514 g/mol. The number of rotatable bonds is 2. The lowest BCUT2D eigenvalue weighted by molar-refractivity contribution is -0.302. The molecule has 2 fully saturated rings. The highest BCUT2D eigenvalue weighted by molar-refractivity contribution is 5.96. The molecule has 1 aromatic rings. The molecule has 1 N–H and O–H groups in total. The lowest BCUT2D eigenvalue weighted by Gasteiger charge is -2.52. The van der Waals surface area contributed by atoms with E-state index < -0.39 is 40.9 Å². The minimum Gasteiger partial charge on any atom is -0.450 e. The molecule has 4 aliphatic rings. The molecule has 202 valence electrons. The van der Waals surface area contributed by atoms with Crippen molar-refractivity contribution in [2.45, 2.75) is 92.3 Å². The number of carbonyl (C=O) groups is 2. The van der Waals surface area contributed by atoms with Gasteiger partial charge in [-0.05, 0) is 69.4 Å². The molecule has 1 aromatic heterocycles. The maximum absolute atomic E-state index is 14.7. The van der Waals surface area contributed by atoms with Crippen molar-refractivity contribution in [2.75, 3.05) is 6.61 Å². The van der Waals surface area contributed by atoms with Crippen molar-refractivity contribution in [3.8, 4) is 0 Å². The van der Waals surface area contributed by atoms with Gasteiger partial charge in [-0.25, -0.2) is 4.79 Å². The van der Waals surface area contributed by atoms with Crippen molar-refractivity contribution in [1.29, 1.82) is 0 Å². The highest BCUT2D eigenvalue weighted by Crippen LogP contribution is 2.63. The highest BCUT2D eigenvalue weighted by atomic mass is 16.7. The second-order valence-electron chi connectivity index (χ2n) is 12.7. The van der Waals surface area contributed by atoms with Crippen LogP contribution in [0.5, 0.6) is 0 Å². The third-order valence-electron chi connectivity index (χ3n) is 9.86. The zero-order valence-electron chi connectivity index (χ0n) is 23.3. The number of Topliss-reactive ketones (excluding diaryl/α,β-unsaturated/α-hetero) is 1. The minimum atomic E-state index is -1.88. The smallest absolute Gasteiger partial charge is 0.361 e. The maximum atomic E-state index is 14.7.